The number of aryl methyl sites for hydroxylation is 1. The van der Waals surface area contributed by atoms with E-state index >= 15 is 0 Å². The first-order valence-corrected chi connectivity index (χ1v) is 8.20. The average Bonchev–Trinajstić information content (AvgIpc) is 3.21. The number of halogens is 1. The fourth-order valence-electron chi connectivity index (χ4n) is 4.24. The number of rotatable bonds is 1. The summed E-state index contributed by atoms with van der Waals surface area (Å²) >= 11 is 6.22. The van der Waals surface area contributed by atoms with E-state index in [1.165, 1.54) is 17.5 Å². The number of carbonyl (C=O) groups is 1. The molecule has 1 aromatic rings. The first-order chi connectivity index (χ1) is 9.75. The van der Waals surface area contributed by atoms with Gasteiger partial charge in [-0.2, -0.15) is 0 Å². The standard InChI is InChI=1S/C17H20ClNO/c18-12-5-3-9-19(10-12)17(20)16-14-8-7-11-4-1-2-6-13(11)15(14)16/h1-2,4,6,12,14-16H,3,5,7-10H2. The Morgan fingerprint density at radius 1 is 1.25 bits per heavy atom. The van der Waals surface area contributed by atoms with E-state index < -0.39 is 0 Å². The number of piperidine rings is 1. The van der Waals surface area contributed by atoms with E-state index in [1.54, 1.807) is 0 Å². The Balaban J connectivity index is 1.53. The van der Waals surface area contributed by atoms with Crippen LogP contribution in [-0.4, -0.2) is 29.3 Å². The summed E-state index contributed by atoms with van der Waals surface area (Å²) < 4.78 is 0. The van der Waals surface area contributed by atoms with Crippen LogP contribution in [0.3, 0.4) is 0 Å². The number of benzene rings is 1. The van der Waals surface area contributed by atoms with E-state index in [1.807, 2.05) is 4.90 Å². The Labute approximate surface area is 125 Å². The summed E-state index contributed by atoms with van der Waals surface area (Å²) in [6.45, 7) is 1.65. The number of carbonyl (C=O) groups excluding carboxylic acids is 1. The van der Waals surface area contributed by atoms with E-state index in [0.717, 1.165) is 32.4 Å². The van der Waals surface area contributed by atoms with E-state index in [4.69, 9.17) is 11.6 Å². The van der Waals surface area contributed by atoms with Gasteiger partial charge in [0.2, 0.25) is 5.91 Å². The monoisotopic (exact) mass is 289 g/mol. The lowest BCUT2D eigenvalue weighted by molar-refractivity contribution is -0.133. The van der Waals surface area contributed by atoms with Crippen LogP contribution >= 0.6 is 11.6 Å². The number of hydrogen-bond acceptors (Lipinski definition) is 1. The lowest BCUT2D eigenvalue weighted by Crippen LogP contribution is -2.41. The van der Waals surface area contributed by atoms with Gasteiger partial charge in [-0.1, -0.05) is 24.3 Å². The molecule has 1 heterocycles. The molecule has 3 aliphatic rings. The largest absolute Gasteiger partial charge is 0.341 e. The minimum Gasteiger partial charge on any atom is -0.341 e. The second-order valence-corrected chi connectivity index (χ2v) is 7.09. The van der Waals surface area contributed by atoms with Crippen LogP contribution in [0.5, 0.6) is 0 Å². The molecule has 4 unspecified atom stereocenters. The van der Waals surface area contributed by atoms with Crippen molar-refractivity contribution in [2.75, 3.05) is 13.1 Å². The van der Waals surface area contributed by atoms with Gasteiger partial charge >= 0.3 is 0 Å². The quantitative estimate of drug-likeness (QED) is 0.727. The summed E-state index contributed by atoms with van der Waals surface area (Å²) in [4.78, 5) is 14.8. The fourth-order valence-corrected chi connectivity index (χ4v) is 4.56. The molecular formula is C17H20ClNO. The third kappa shape index (κ3) is 1.96. The number of alkyl halides is 1. The van der Waals surface area contributed by atoms with Crippen molar-refractivity contribution in [1.29, 1.82) is 0 Å². The van der Waals surface area contributed by atoms with Crippen LogP contribution < -0.4 is 0 Å². The SMILES string of the molecule is O=C(C1C2CCc3ccccc3C21)N1CCCC(Cl)C1. The lowest BCUT2D eigenvalue weighted by atomic mass is 9.92. The molecule has 0 spiro atoms. The lowest BCUT2D eigenvalue weighted by Gasteiger charge is -2.30. The predicted octanol–water partition coefficient (Wildman–Crippen LogP) is 3.19. The highest BCUT2D eigenvalue weighted by atomic mass is 35.5. The topological polar surface area (TPSA) is 20.3 Å². The van der Waals surface area contributed by atoms with Crippen LogP contribution in [0, 0.1) is 11.8 Å². The molecule has 0 bridgehead atoms. The molecule has 2 nitrogen and oxygen atoms in total. The van der Waals surface area contributed by atoms with Gasteiger partial charge in [0.25, 0.3) is 0 Å². The molecule has 1 saturated heterocycles. The van der Waals surface area contributed by atoms with E-state index in [0.29, 0.717) is 17.7 Å². The van der Waals surface area contributed by atoms with Gasteiger partial charge in [-0.15, -0.1) is 11.6 Å². The highest BCUT2D eigenvalue weighted by Crippen LogP contribution is 2.60. The molecule has 106 valence electrons. The molecule has 0 radical (unpaired) electrons. The van der Waals surface area contributed by atoms with Crippen LogP contribution in [0.1, 0.15) is 36.3 Å². The summed E-state index contributed by atoms with van der Waals surface area (Å²) in [5.41, 5.74) is 2.89. The van der Waals surface area contributed by atoms with Crippen molar-refractivity contribution in [3.8, 4) is 0 Å². The van der Waals surface area contributed by atoms with Crippen molar-refractivity contribution in [1.82, 2.24) is 4.90 Å². The second-order valence-electron chi connectivity index (χ2n) is 6.48. The number of hydrogen-bond donors (Lipinski definition) is 0. The van der Waals surface area contributed by atoms with Gasteiger partial charge in [0.05, 0.1) is 5.38 Å². The smallest absolute Gasteiger partial charge is 0.226 e. The van der Waals surface area contributed by atoms with Crippen LogP contribution in [0.4, 0.5) is 0 Å². The molecule has 2 fully saturated rings. The zero-order chi connectivity index (χ0) is 13.7. The van der Waals surface area contributed by atoms with Crippen molar-refractivity contribution in [2.24, 2.45) is 11.8 Å². The normalized spacial score (nSPS) is 35.1. The van der Waals surface area contributed by atoms with Gasteiger partial charge in [0, 0.05) is 19.0 Å². The predicted molar refractivity (Wildman–Crippen MR) is 79.9 cm³/mol. The van der Waals surface area contributed by atoms with Crippen LogP contribution in [0.2, 0.25) is 0 Å². The highest BCUT2D eigenvalue weighted by molar-refractivity contribution is 6.21. The van der Waals surface area contributed by atoms with E-state index in [9.17, 15) is 4.79 Å². The molecule has 0 N–H and O–H groups in total. The van der Waals surface area contributed by atoms with Crippen LogP contribution in [-0.2, 0) is 11.2 Å². The minimum absolute atomic E-state index is 0.153. The van der Waals surface area contributed by atoms with Crippen molar-refractivity contribution in [2.45, 2.75) is 37.0 Å². The Morgan fingerprint density at radius 2 is 2.10 bits per heavy atom. The van der Waals surface area contributed by atoms with Crippen molar-refractivity contribution in [3.05, 3.63) is 35.4 Å². The summed E-state index contributed by atoms with van der Waals surface area (Å²) in [7, 11) is 0. The summed E-state index contributed by atoms with van der Waals surface area (Å²) in [6, 6.07) is 8.67. The molecule has 0 aromatic heterocycles. The minimum atomic E-state index is 0.153. The average molecular weight is 290 g/mol. The van der Waals surface area contributed by atoms with Gasteiger partial charge in [-0.3, -0.25) is 4.79 Å². The number of fused-ring (bicyclic) bond motifs is 3. The van der Waals surface area contributed by atoms with Crippen molar-refractivity contribution < 1.29 is 4.79 Å². The van der Waals surface area contributed by atoms with Gasteiger partial charge in [-0.05, 0) is 48.6 Å². The van der Waals surface area contributed by atoms with Gasteiger partial charge in [0.15, 0.2) is 0 Å². The second kappa shape index (κ2) is 4.77. The molecular weight excluding hydrogens is 270 g/mol. The van der Waals surface area contributed by atoms with Crippen molar-refractivity contribution >= 4 is 17.5 Å². The molecule has 4 rings (SSSR count). The van der Waals surface area contributed by atoms with Crippen LogP contribution in [0.15, 0.2) is 24.3 Å². The molecule has 4 atom stereocenters. The number of amides is 1. The summed E-state index contributed by atoms with van der Waals surface area (Å²) in [5, 5.41) is 0.153. The highest BCUT2D eigenvalue weighted by Gasteiger charge is 2.58. The Hall–Kier alpha value is -1.02. The summed E-state index contributed by atoms with van der Waals surface area (Å²) in [5.74, 6) is 1.68. The number of nitrogens with zero attached hydrogens (tertiary/aromatic N) is 1. The third-order valence-electron chi connectivity index (χ3n) is 5.29. The van der Waals surface area contributed by atoms with E-state index in [-0.39, 0.29) is 11.3 Å². The maximum atomic E-state index is 12.7. The van der Waals surface area contributed by atoms with Gasteiger partial charge < -0.3 is 4.90 Å². The molecule has 2 aliphatic carbocycles. The maximum Gasteiger partial charge on any atom is 0.226 e. The van der Waals surface area contributed by atoms with Crippen molar-refractivity contribution in [3.63, 3.8) is 0 Å². The fraction of sp³-hybridized carbons (Fsp3) is 0.588. The Bertz CT molecular complexity index is 544. The molecule has 20 heavy (non-hydrogen) atoms. The summed E-state index contributed by atoms with van der Waals surface area (Å²) in [6.07, 6.45) is 4.42. The zero-order valence-corrected chi connectivity index (χ0v) is 12.4. The molecule has 1 saturated carbocycles. The Morgan fingerprint density at radius 3 is 2.95 bits per heavy atom. The van der Waals surface area contributed by atoms with E-state index in [2.05, 4.69) is 24.3 Å². The van der Waals surface area contributed by atoms with Gasteiger partial charge in [0.1, 0.15) is 0 Å². The number of likely N-dealkylation sites (tertiary alicyclic amines) is 1. The molecule has 1 aliphatic heterocycles. The molecule has 3 heteroatoms. The molecule has 1 amide bonds. The van der Waals surface area contributed by atoms with Gasteiger partial charge in [-0.25, -0.2) is 0 Å². The third-order valence-corrected chi connectivity index (χ3v) is 5.65. The Kier molecular flexibility index (Phi) is 3.03. The zero-order valence-electron chi connectivity index (χ0n) is 11.6. The maximum absolute atomic E-state index is 12.7. The first-order valence-electron chi connectivity index (χ1n) is 7.76. The van der Waals surface area contributed by atoms with Crippen LogP contribution in [0.25, 0.3) is 0 Å². The first kappa shape index (κ1) is 12.7. The molecule has 1 aromatic carbocycles.